The lowest BCUT2D eigenvalue weighted by molar-refractivity contribution is 0.0507. The highest BCUT2D eigenvalue weighted by Crippen LogP contribution is 2.19. The largest absolute Gasteiger partial charge is 0.344 e. The highest BCUT2D eigenvalue weighted by molar-refractivity contribution is 5.92. The summed E-state index contributed by atoms with van der Waals surface area (Å²) in [7, 11) is 0. The Hall–Kier alpha value is -2.24. The third kappa shape index (κ3) is 3.45. The number of amides is 1. The highest BCUT2D eigenvalue weighted by Gasteiger charge is 2.20. The topological polar surface area (TPSA) is 46.9 Å². The van der Waals surface area contributed by atoms with Gasteiger partial charge in [0.1, 0.15) is 5.69 Å². The summed E-state index contributed by atoms with van der Waals surface area (Å²) in [4.78, 5) is 12.1. The Morgan fingerprint density at radius 3 is 2.52 bits per heavy atom. The van der Waals surface area contributed by atoms with Crippen LogP contribution in [0.5, 0.6) is 0 Å². The first-order valence-electron chi connectivity index (χ1n) is 6.72. The van der Waals surface area contributed by atoms with E-state index in [1.165, 1.54) is 12.3 Å². The molecular weight excluding hydrogens is 276 g/mol. The quantitative estimate of drug-likeness (QED) is 0.917. The Kier molecular flexibility index (Phi) is 4.67. The number of aromatic nitrogens is 2. The average molecular weight is 293 g/mol. The lowest BCUT2D eigenvalue weighted by Crippen LogP contribution is -2.30. The standard InChI is InChI=1S/C15H17F2N3O/c1-3-12(11-6-4-10(2)5-7-11)19-14(21)13-8-9-18-20(13)15(16)17/h4-9,12,15H,3H2,1-2H3,(H,19,21). The summed E-state index contributed by atoms with van der Waals surface area (Å²) >= 11 is 0. The van der Waals surface area contributed by atoms with Crippen molar-refractivity contribution in [3.63, 3.8) is 0 Å². The molecule has 1 aromatic carbocycles. The third-order valence-electron chi connectivity index (χ3n) is 3.28. The van der Waals surface area contributed by atoms with E-state index in [2.05, 4.69) is 10.4 Å². The van der Waals surface area contributed by atoms with Gasteiger partial charge in [0, 0.05) is 6.20 Å². The zero-order chi connectivity index (χ0) is 15.4. The van der Waals surface area contributed by atoms with E-state index in [4.69, 9.17) is 0 Å². The number of hydrogen-bond donors (Lipinski definition) is 1. The van der Waals surface area contributed by atoms with Crippen LogP contribution in [0.2, 0.25) is 0 Å². The smallest absolute Gasteiger partial charge is 0.333 e. The fourth-order valence-electron chi connectivity index (χ4n) is 2.10. The van der Waals surface area contributed by atoms with Crippen LogP contribution in [0.1, 0.15) is 47.6 Å². The van der Waals surface area contributed by atoms with Crippen molar-refractivity contribution in [1.29, 1.82) is 0 Å². The van der Waals surface area contributed by atoms with E-state index in [1.807, 2.05) is 38.1 Å². The second-order valence-electron chi connectivity index (χ2n) is 4.78. The van der Waals surface area contributed by atoms with Gasteiger partial charge in [-0.2, -0.15) is 18.6 Å². The first kappa shape index (κ1) is 15.2. The molecule has 0 aliphatic heterocycles. The first-order valence-corrected chi connectivity index (χ1v) is 6.72. The number of benzene rings is 1. The number of hydrogen-bond acceptors (Lipinski definition) is 2. The molecule has 2 aromatic rings. The van der Waals surface area contributed by atoms with Crippen molar-refractivity contribution >= 4 is 5.91 Å². The van der Waals surface area contributed by atoms with Gasteiger partial charge < -0.3 is 5.32 Å². The minimum atomic E-state index is -2.83. The Morgan fingerprint density at radius 1 is 1.29 bits per heavy atom. The molecule has 1 aromatic heterocycles. The number of halogens is 2. The number of nitrogens with zero attached hydrogens (tertiary/aromatic N) is 2. The molecular formula is C15H17F2N3O. The lowest BCUT2D eigenvalue weighted by Gasteiger charge is -2.18. The average Bonchev–Trinajstić information content (AvgIpc) is 2.95. The van der Waals surface area contributed by atoms with E-state index in [-0.39, 0.29) is 11.7 Å². The summed E-state index contributed by atoms with van der Waals surface area (Å²) in [5.41, 5.74) is 1.92. The predicted molar refractivity (Wildman–Crippen MR) is 75.2 cm³/mol. The molecule has 1 heterocycles. The molecule has 0 saturated heterocycles. The van der Waals surface area contributed by atoms with Gasteiger partial charge in [0.2, 0.25) is 0 Å². The van der Waals surface area contributed by atoms with Gasteiger partial charge in [-0.05, 0) is 25.0 Å². The van der Waals surface area contributed by atoms with E-state index in [9.17, 15) is 13.6 Å². The van der Waals surface area contributed by atoms with Crippen molar-refractivity contribution in [1.82, 2.24) is 15.1 Å². The summed E-state index contributed by atoms with van der Waals surface area (Å²) in [6.07, 6.45) is 1.85. The number of nitrogens with one attached hydrogen (secondary N) is 1. The number of carbonyl (C=O) groups is 1. The van der Waals surface area contributed by atoms with E-state index in [1.54, 1.807) is 0 Å². The van der Waals surface area contributed by atoms with E-state index >= 15 is 0 Å². The van der Waals surface area contributed by atoms with Gasteiger partial charge in [0.15, 0.2) is 0 Å². The summed E-state index contributed by atoms with van der Waals surface area (Å²) in [6, 6.07) is 8.81. The van der Waals surface area contributed by atoms with Crippen LogP contribution >= 0.6 is 0 Å². The molecule has 0 radical (unpaired) electrons. The van der Waals surface area contributed by atoms with Crippen molar-refractivity contribution in [2.45, 2.75) is 32.9 Å². The van der Waals surface area contributed by atoms with E-state index < -0.39 is 12.5 Å². The van der Waals surface area contributed by atoms with Gasteiger partial charge in [0.05, 0.1) is 6.04 Å². The normalized spacial score (nSPS) is 12.4. The molecule has 0 aliphatic rings. The van der Waals surface area contributed by atoms with Gasteiger partial charge in [-0.15, -0.1) is 0 Å². The van der Waals surface area contributed by atoms with Crippen LogP contribution in [0, 0.1) is 6.92 Å². The van der Waals surface area contributed by atoms with Crippen molar-refractivity contribution in [3.8, 4) is 0 Å². The van der Waals surface area contributed by atoms with Crippen LogP contribution in [-0.2, 0) is 0 Å². The zero-order valence-corrected chi connectivity index (χ0v) is 11.9. The number of alkyl halides is 2. The molecule has 0 aliphatic carbocycles. The fraction of sp³-hybridized carbons (Fsp3) is 0.333. The molecule has 0 fully saturated rings. The monoisotopic (exact) mass is 293 g/mol. The van der Waals surface area contributed by atoms with Crippen LogP contribution < -0.4 is 5.32 Å². The number of carbonyl (C=O) groups excluding carboxylic acids is 1. The summed E-state index contributed by atoms with van der Waals surface area (Å²) in [5.74, 6) is -0.555. The van der Waals surface area contributed by atoms with Crippen LogP contribution in [0.15, 0.2) is 36.5 Å². The Balaban J connectivity index is 2.16. The summed E-state index contributed by atoms with van der Waals surface area (Å²) < 4.78 is 25.9. The highest BCUT2D eigenvalue weighted by atomic mass is 19.3. The summed E-state index contributed by atoms with van der Waals surface area (Å²) in [6.45, 7) is 1.07. The van der Waals surface area contributed by atoms with Crippen molar-refractivity contribution in [2.24, 2.45) is 0 Å². The predicted octanol–water partition coefficient (Wildman–Crippen LogP) is 3.47. The molecule has 112 valence electrons. The van der Waals surface area contributed by atoms with Crippen LogP contribution in [-0.4, -0.2) is 15.7 Å². The van der Waals surface area contributed by atoms with Gasteiger partial charge in [-0.3, -0.25) is 4.79 Å². The van der Waals surface area contributed by atoms with Crippen molar-refractivity contribution in [2.75, 3.05) is 0 Å². The van der Waals surface area contributed by atoms with Crippen LogP contribution in [0.3, 0.4) is 0 Å². The summed E-state index contributed by atoms with van der Waals surface area (Å²) in [5, 5.41) is 6.23. The van der Waals surface area contributed by atoms with E-state index in [0.717, 1.165) is 11.1 Å². The molecule has 4 nitrogen and oxygen atoms in total. The molecule has 1 atom stereocenters. The first-order chi connectivity index (χ1) is 10.0. The van der Waals surface area contributed by atoms with E-state index in [0.29, 0.717) is 11.1 Å². The molecule has 0 spiro atoms. The second-order valence-corrected chi connectivity index (χ2v) is 4.78. The Labute approximate surface area is 121 Å². The van der Waals surface area contributed by atoms with Gasteiger partial charge in [0.25, 0.3) is 5.91 Å². The maximum absolute atomic E-state index is 12.7. The van der Waals surface area contributed by atoms with Crippen LogP contribution in [0.25, 0.3) is 0 Å². The fourth-order valence-corrected chi connectivity index (χ4v) is 2.10. The van der Waals surface area contributed by atoms with Gasteiger partial charge in [-0.25, -0.2) is 0 Å². The minimum absolute atomic E-state index is 0.143. The lowest BCUT2D eigenvalue weighted by atomic mass is 10.0. The maximum atomic E-state index is 12.7. The molecule has 0 bridgehead atoms. The second kappa shape index (κ2) is 6.47. The van der Waals surface area contributed by atoms with Gasteiger partial charge >= 0.3 is 6.55 Å². The third-order valence-corrected chi connectivity index (χ3v) is 3.28. The molecule has 1 N–H and O–H groups in total. The minimum Gasteiger partial charge on any atom is -0.344 e. The molecule has 21 heavy (non-hydrogen) atoms. The number of rotatable bonds is 5. The number of aryl methyl sites for hydroxylation is 1. The molecule has 1 unspecified atom stereocenters. The zero-order valence-electron chi connectivity index (χ0n) is 11.9. The van der Waals surface area contributed by atoms with Crippen LogP contribution in [0.4, 0.5) is 8.78 Å². The maximum Gasteiger partial charge on any atom is 0.333 e. The van der Waals surface area contributed by atoms with Crippen molar-refractivity contribution in [3.05, 3.63) is 53.3 Å². The Bertz CT molecular complexity index is 608. The van der Waals surface area contributed by atoms with Gasteiger partial charge in [-0.1, -0.05) is 36.8 Å². The molecule has 1 amide bonds. The molecule has 2 rings (SSSR count). The van der Waals surface area contributed by atoms with Crippen molar-refractivity contribution < 1.29 is 13.6 Å². The molecule has 0 saturated carbocycles. The Morgan fingerprint density at radius 2 is 1.95 bits per heavy atom. The molecule has 6 heteroatoms. The SMILES string of the molecule is CCC(NC(=O)c1ccnn1C(F)F)c1ccc(C)cc1.